The molecule has 0 saturated heterocycles. The van der Waals surface area contributed by atoms with Gasteiger partial charge in [-0.2, -0.15) is 0 Å². The zero-order chi connectivity index (χ0) is 9.80. The Hall–Kier alpha value is -1.57. The Bertz CT molecular complexity index is 365. The third-order valence-corrected chi connectivity index (χ3v) is 2.34. The van der Waals surface area contributed by atoms with Crippen molar-refractivity contribution in [1.29, 1.82) is 0 Å². The summed E-state index contributed by atoms with van der Waals surface area (Å²) in [7, 11) is 0. The van der Waals surface area contributed by atoms with Crippen LogP contribution in [0.15, 0.2) is 36.5 Å². The van der Waals surface area contributed by atoms with Crippen molar-refractivity contribution in [2.24, 2.45) is 0 Å². The molecule has 1 aromatic rings. The molecular weight excluding hydrogens is 174 g/mol. The molecule has 0 fully saturated rings. The van der Waals surface area contributed by atoms with Crippen molar-refractivity contribution in [3.63, 3.8) is 0 Å². The number of hydrogen-bond donors (Lipinski definition) is 1. The molecule has 2 heteroatoms. The van der Waals surface area contributed by atoms with Gasteiger partial charge < -0.3 is 5.11 Å². The number of nitrogens with zero attached hydrogens (tertiary/aromatic N) is 1. The van der Waals surface area contributed by atoms with E-state index in [1.807, 2.05) is 34.9 Å². The Morgan fingerprint density at radius 3 is 2.71 bits per heavy atom. The average molecular weight is 188 g/mol. The van der Waals surface area contributed by atoms with E-state index in [4.69, 9.17) is 0 Å². The molecule has 0 radical (unpaired) electrons. The summed E-state index contributed by atoms with van der Waals surface area (Å²) in [5.41, 5.74) is 0.868. The maximum Gasteiger partial charge on any atom is 0.211 e. The molecule has 0 saturated carbocycles. The first-order valence-corrected chi connectivity index (χ1v) is 4.91. The van der Waals surface area contributed by atoms with Gasteiger partial charge in [-0.05, 0) is 0 Å². The van der Waals surface area contributed by atoms with Crippen molar-refractivity contribution in [2.75, 3.05) is 6.54 Å². The van der Waals surface area contributed by atoms with Crippen molar-refractivity contribution in [3.8, 4) is 0 Å². The molecule has 72 valence electrons. The normalized spacial score (nSPS) is 16.9. The molecule has 0 aliphatic carbocycles. The van der Waals surface area contributed by atoms with E-state index in [-0.39, 0.29) is 0 Å². The molecule has 0 amide bonds. The summed E-state index contributed by atoms with van der Waals surface area (Å²) in [6.45, 7) is 1.01. The molecular formula is C12H14NO+. The van der Waals surface area contributed by atoms with E-state index in [1.54, 1.807) is 6.20 Å². The first kappa shape index (κ1) is 9.00. The molecule has 14 heavy (non-hydrogen) atoms. The molecule has 1 aliphatic heterocycles. The van der Waals surface area contributed by atoms with Crippen molar-refractivity contribution in [3.05, 3.63) is 42.1 Å². The Kier molecular flexibility index (Phi) is 2.63. The molecule has 1 N–H and O–H groups in total. The van der Waals surface area contributed by atoms with Gasteiger partial charge in [0.2, 0.25) is 6.20 Å². The Morgan fingerprint density at radius 1 is 1.29 bits per heavy atom. The van der Waals surface area contributed by atoms with Crippen LogP contribution >= 0.6 is 0 Å². The number of aliphatic hydroxyl groups is 1. The zero-order valence-corrected chi connectivity index (χ0v) is 8.06. The Labute approximate surface area is 83.8 Å². The number of benzene rings is 1. The largest absolute Gasteiger partial charge is 0.502 e. The fourth-order valence-electron chi connectivity index (χ4n) is 1.58. The van der Waals surface area contributed by atoms with E-state index in [0.717, 1.165) is 18.5 Å². The van der Waals surface area contributed by atoms with E-state index < -0.39 is 0 Å². The Morgan fingerprint density at radius 2 is 2.07 bits per heavy atom. The molecule has 2 nitrogen and oxygen atoms in total. The summed E-state index contributed by atoms with van der Waals surface area (Å²) in [4.78, 5) is 0. The van der Waals surface area contributed by atoms with Gasteiger partial charge in [0, 0.05) is 18.4 Å². The summed E-state index contributed by atoms with van der Waals surface area (Å²) in [5.74, 6) is 0.337. The van der Waals surface area contributed by atoms with Crippen LogP contribution in [0.1, 0.15) is 18.4 Å². The molecule has 1 heterocycles. The monoisotopic (exact) mass is 188 g/mol. The predicted octanol–water partition coefficient (Wildman–Crippen LogP) is 2.42. The summed E-state index contributed by atoms with van der Waals surface area (Å²) in [6, 6.07) is 9.60. The maximum atomic E-state index is 9.78. The quantitative estimate of drug-likeness (QED) is 0.559. The van der Waals surface area contributed by atoms with Crippen LogP contribution in [0.4, 0.5) is 0 Å². The van der Waals surface area contributed by atoms with Crippen molar-refractivity contribution < 1.29 is 9.68 Å². The van der Waals surface area contributed by atoms with Gasteiger partial charge in [0.15, 0.2) is 5.76 Å². The highest BCUT2D eigenvalue weighted by atomic mass is 16.3. The standard InChI is InChI=1S/C12H13NO/c14-12(10-13-8-4-5-9-13)11-6-2-1-3-7-11/h1-3,6-8,10H,4-5,9H2/p+1/b12-10-. The van der Waals surface area contributed by atoms with E-state index in [9.17, 15) is 5.11 Å². The van der Waals surface area contributed by atoms with Gasteiger partial charge in [0.1, 0.15) is 12.8 Å². The van der Waals surface area contributed by atoms with Gasteiger partial charge in [-0.25, -0.2) is 4.58 Å². The lowest BCUT2D eigenvalue weighted by Crippen LogP contribution is -2.00. The molecule has 1 aromatic carbocycles. The summed E-state index contributed by atoms with van der Waals surface area (Å²) >= 11 is 0. The van der Waals surface area contributed by atoms with Gasteiger partial charge in [-0.15, -0.1) is 0 Å². The third-order valence-electron chi connectivity index (χ3n) is 2.34. The summed E-state index contributed by atoms with van der Waals surface area (Å²) in [5, 5.41) is 9.78. The van der Waals surface area contributed by atoms with Gasteiger partial charge in [-0.1, -0.05) is 30.3 Å². The van der Waals surface area contributed by atoms with Gasteiger partial charge in [-0.3, -0.25) is 0 Å². The summed E-state index contributed by atoms with van der Waals surface area (Å²) < 4.78 is 2.04. The van der Waals surface area contributed by atoms with Gasteiger partial charge >= 0.3 is 0 Å². The second kappa shape index (κ2) is 4.09. The fourth-order valence-corrected chi connectivity index (χ4v) is 1.58. The lowest BCUT2D eigenvalue weighted by molar-refractivity contribution is -0.443. The minimum absolute atomic E-state index is 0.337. The van der Waals surface area contributed by atoms with Crippen LogP contribution in [0.25, 0.3) is 5.76 Å². The van der Waals surface area contributed by atoms with Gasteiger partial charge in [0.05, 0.1) is 0 Å². The number of rotatable bonds is 2. The van der Waals surface area contributed by atoms with Crippen LogP contribution < -0.4 is 0 Å². The maximum absolute atomic E-state index is 9.78. The predicted molar refractivity (Wildman–Crippen MR) is 57.5 cm³/mol. The molecule has 0 bridgehead atoms. The lowest BCUT2D eigenvalue weighted by atomic mass is 10.2. The van der Waals surface area contributed by atoms with Crippen molar-refractivity contribution in [2.45, 2.75) is 12.8 Å². The van der Waals surface area contributed by atoms with E-state index in [2.05, 4.69) is 6.21 Å². The van der Waals surface area contributed by atoms with Crippen LogP contribution in [0, 0.1) is 0 Å². The number of hydrogen-bond acceptors (Lipinski definition) is 1. The zero-order valence-electron chi connectivity index (χ0n) is 8.06. The highest BCUT2D eigenvalue weighted by molar-refractivity contribution is 5.58. The smallest absolute Gasteiger partial charge is 0.211 e. The molecule has 0 spiro atoms. The lowest BCUT2D eigenvalue weighted by Gasteiger charge is -1.96. The van der Waals surface area contributed by atoms with Crippen LogP contribution in [0.3, 0.4) is 0 Å². The minimum Gasteiger partial charge on any atom is -0.502 e. The molecule has 2 rings (SSSR count). The van der Waals surface area contributed by atoms with E-state index >= 15 is 0 Å². The van der Waals surface area contributed by atoms with Gasteiger partial charge in [0.25, 0.3) is 0 Å². The van der Waals surface area contributed by atoms with E-state index in [0.29, 0.717) is 5.76 Å². The highest BCUT2D eigenvalue weighted by Crippen LogP contribution is 2.11. The third kappa shape index (κ3) is 2.02. The summed E-state index contributed by atoms with van der Waals surface area (Å²) in [6.07, 6.45) is 6.19. The van der Waals surface area contributed by atoms with E-state index in [1.165, 1.54) is 6.42 Å². The molecule has 0 unspecified atom stereocenters. The second-order valence-corrected chi connectivity index (χ2v) is 3.44. The molecule has 0 atom stereocenters. The van der Waals surface area contributed by atoms with Crippen LogP contribution in [-0.4, -0.2) is 22.4 Å². The highest BCUT2D eigenvalue weighted by Gasteiger charge is 2.10. The second-order valence-electron chi connectivity index (χ2n) is 3.44. The topological polar surface area (TPSA) is 23.2 Å². The van der Waals surface area contributed by atoms with Crippen molar-refractivity contribution in [1.82, 2.24) is 0 Å². The van der Waals surface area contributed by atoms with Crippen molar-refractivity contribution >= 4 is 12.0 Å². The first-order chi connectivity index (χ1) is 6.86. The van der Waals surface area contributed by atoms with Crippen LogP contribution in [0.2, 0.25) is 0 Å². The Balaban J connectivity index is 2.19. The average Bonchev–Trinajstić information content (AvgIpc) is 2.72. The van der Waals surface area contributed by atoms with Crippen LogP contribution in [0.5, 0.6) is 0 Å². The molecule has 1 aliphatic rings. The molecule has 0 aromatic heterocycles. The fraction of sp³-hybridized carbons (Fsp3) is 0.250. The SMILES string of the molecule is O/C(=C\[N+]1=CCCC1)c1ccccc1. The minimum atomic E-state index is 0.337. The first-order valence-electron chi connectivity index (χ1n) is 4.91. The van der Waals surface area contributed by atoms with Crippen LogP contribution in [-0.2, 0) is 0 Å². The number of aliphatic hydroxyl groups excluding tert-OH is 1.